The van der Waals surface area contributed by atoms with Crippen LogP contribution in [0.15, 0.2) is 53.1 Å². The number of anilines is 1. The van der Waals surface area contributed by atoms with Crippen molar-refractivity contribution in [1.29, 1.82) is 0 Å². The summed E-state index contributed by atoms with van der Waals surface area (Å²) in [6, 6.07) is 11.0. The molecule has 3 rings (SSSR count). The molecule has 0 radical (unpaired) electrons. The van der Waals surface area contributed by atoms with Gasteiger partial charge in [0.25, 0.3) is 5.91 Å². The summed E-state index contributed by atoms with van der Waals surface area (Å²) in [6.07, 6.45) is 1.87. The Balaban J connectivity index is 1.66. The van der Waals surface area contributed by atoms with Gasteiger partial charge in [0.05, 0.1) is 6.42 Å². The lowest BCUT2D eigenvalue weighted by molar-refractivity contribution is 0.101. The summed E-state index contributed by atoms with van der Waals surface area (Å²) in [7, 11) is 0. The Hall–Kier alpha value is -3.09. The van der Waals surface area contributed by atoms with Gasteiger partial charge in [-0.3, -0.25) is 15.1 Å². The zero-order valence-electron chi connectivity index (χ0n) is 11.4. The zero-order valence-corrected chi connectivity index (χ0v) is 11.4. The van der Waals surface area contributed by atoms with Gasteiger partial charge in [0, 0.05) is 6.20 Å². The summed E-state index contributed by atoms with van der Waals surface area (Å²) < 4.78 is 18.2. The Bertz CT molecular complexity index is 772. The van der Waals surface area contributed by atoms with Crippen LogP contribution in [0.25, 0.3) is 0 Å². The number of nitrogens with zero attached hydrogens (tertiary/aromatic N) is 3. The van der Waals surface area contributed by atoms with Crippen LogP contribution in [0.4, 0.5) is 10.4 Å². The lowest BCUT2D eigenvalue weighted by Crippen LogP contribution is -2.13. The Morgan fingerprint density at radius 1 is 1.14 bits per heavy atom. The number of amides is 1. The van der Waals surface area contributed by atoms with Gasteiger partial charge in [0.1, 0.15) is 11.5 Å². The van der Waals surface area contributed by atoms with E-state index in [4.69, 9.17) is 4.42 Å². The maximum absolute atomic E-state index is 12.8. The minimum absolute atomic E-state index is 0.00670. The van der Waals surface area contributed by atoms with Crippen LogP contribution in [0, 0.1) is 5.82 Å². The van der Waals surface area contributed by atoms with Crippen molar-refractivity contribution in [3.8, 4) is 0 Å². The van der Waals surface area contributed by atoms with Crippen molar-refractivity contribution in [3.63, 3.8) is 0 Å². The van der Waals surface area contributed by atoms with Crippen molar-refractivity contribution in [2.24, 2.45) is 0 Å². The number of aromatic nitrogens is 3. The van der Waals surface area contributed by atoms with E-state index < -0.39 is 5.91 Å². The van der Waals surface area contributed by atoms with E-state index >= 15 is 0 Å². The first-order valence-electron chi connectivity index (χ1n) is 6.50. The number of carbonyl (C=O) groups is 1. The number of carbonyl (C=O) groups excluding carboxylic acids is 1. The quantitative estimate of drug-likeness (QED) is 0.800. The van der Waals surface area contributed by atoms with Crippen molar-refractivity contribution in [2.75, 3.05) is 5.32 Å². The molecule has 0 aliphatic rings. The predicted octanol–water partition coefficient (Wildman–Crippen LogP) is 2.45. The van der Waals surface area contributed by atoms with E-state index in [1.165, 1.54) is 18.3 Å². The molecule has 22 heavy (non-hydrogen) atoms. The number of halogens is 1. The van der Waals surface area contributed by atoms with Crippen molar-refractivity contribution in [3.05, 3.63) is 71.6 Å². The third kappa shape index (κ3) is 3.32. The molecule has 1 aromatic carbocycles. The predicted molar refractivity (Wildman–Crippen MR) is 75.7 cm³/mol. The number of pyridine rings is 1. The zero-order chi connectivity index (χ0) is 15.4. The fraction of sp³-hybridized carbons (Fsp3) is 0.0667. The Kier molecular flexibility index (Phi) is 3.86. The van der Waals surface area contributed by atoms with E-state index in [0.717, 1.165) is 5.56 Å². The van der Waals surface area contributed by atoms with Gasteiger partial charge in [-0.05, 0) is 29.8 Å². The van der Waals surface area contributed by atoms with Crippen LogP contribution in [0.2, 0.25) is 0 Å². The molecule has 0 spiro atoms. The number of benzene rings is 1. The standard InChI is InChI=1S/C15H11FN4O2/c16-11-6-4-10(5-7-11)9-13-19-20-15(22-13)18-14(21)12-3-1-2-8-17-12/h1-8H,9H2,(H,18,20,21). The van der Waals surface area contributed by atoms with E-state index in [0.29, 0.717) is 12.3 Å². The number of nitrogens with one attached hydrogen (secondary N) is 1. The highest BCUT2D eigenvalue weighted by molar-refractivity contribution is 6.01. The van der Waals surface area contributed by atoms with Gasteiger partial charge in [-0.25, -0.2) is 4.39 Å². The summed E-state index contributed by atoms with van der Waals surface area (Å²) in [5, 5.41) is 10.1. The molecule has 0 atom stereocenters. The summed E-state index contributed by atoms with van der Waals surface area (Å²) in [4.78, 5) is 15.8. The summed E-state index contributed by atoms with van der Waals surface area (Å²) in [6.45, 7) is 0. The fourth-order valence-electron chi connectivity index (χ4n) is 1.81. The highest BCUT2D eigenvalue weighted by atomic mass is 19.1. The molecule has 1 N–H and O–H groups in total. The van der Waals surface area contributed by atoms with Gasteiger partial charge in [0.15, 0.2) is 0 Å². The summed E-state index contributed by atoms with van der Waals surface area (Å²) in [5.41, 5.74) is 1.08. The Morgan fingerprint density at radius 3 is 2.68 bits per heavy atom. The molecule has 6 nitrogen and oxygen atoms in total. The normalized spacial score (nSPS) is 10.4. The van der Waals surface area contributed by atoms with E-state index in [1.807, 2.05) is 0 Å². The lowest BCUT2D eigenvalue weighted by Gasteiger charge is -1.99. The number of hydrogen-bond donors (Lipinski definition) is 1. The highest BCUT2D eigenvalue weighted by Gasteiger charge is 2.12. The minimum Gasteiger partial charge on any atom is -0.407 e. The molecule has 1 amide bonds. The maximum atomic E-state index is 12.8. The third-order valence-corrected chi connectivity index (χ3v) is 2.85. The Morgan fingerprint density at radius 2 is 1.95 bits per heavy atom. The third-order valence-electron chi connectivity index (χ3n) is 2.85. The SMILES string of the molecule is O=C(Nc1nnc(Cc2ccc(F)cc2)o1)c1ccccn1. The van der Waals surface area contributed by atoms with Gasteiger partial charge in [-0.1, -0.05) is 23.3 Å². The van der Waals surface area contributed by atoms with Crippen LogP contribution in [0.3, 0.4) is 0 Å². The first kappa shape index (κ1) is 13.9. The minimum atomic E-state index is -0.433. The van der Waals surface area contributed by atoms with Crippen molar-refractivity contribution in [1.82, 2.24) is 15.2 Å². The molecule has 0 unspecified atom stereocenters. The van der Waals surface area contributed by atoms with E-state index in [2.05, 4.69) is 20.5 Å². The number of rotatable bonds is 4. The van der Waals surface area contributed by atoms with Gasteiger partial charge < -0.3 is 4.42 Å². The molecule has 110 valence electrons. The van der Waals surface area contributed by atoms with Gasteiger partial charge in [0.2, 0.25) is 5.89 Å². The molecular weight excluding hydrogens is 287 g/mol. The topological polar surface area (TPSA) is 80.9 Å². The molecule has 2 aromatic heterocycles. The second kappa shape index (κ2) is 6.13. The van der Waals surface area contributed by atoms with Crippen LogP contribution < -0.4 is 5.32 Å². The van der Waals surface area contributed by atoms with E-state index in [9.17, 15) is 9.18 Å². The molecule has 2 heterocycles. The first-order valence-corrected chi connectivity index (χ1v) is 6.50. The monoisotopic (exact) mass is 298 g/mol. The van der Waals surface area contributed by atoms with Crippen molar-refractivity contribution >= 4 is 11.9 Å². The second-order valence-corrected chi connectivity index (χ2v) is 4.47. The van der Waals surface area contributed by atoms with Crippen LogP contribution in [-0.2, 0) is 6.42 Å². The largest absolute Gasteiger partial charge is 0.407 e. The van der Waals surface area contributed by atoms with Crippen LogP contribution in [-0.4, -0.2) is 21.1 Å². The van der Waals surface area contributed by atoms with E-state index in [1.54, 1.807) is 30.3 Å². The number of hydrogen-bond acceptors (Lipinski definition) is 5. The molecule has 0 aliphatic heterocycles. The molecule has 0 aliphatic carbocycles. The van der Waals surface area contributed by atoms with Gasteiger partial charge in [-0.2, -0.15) is 0 Å². The molecular formula is C15H11FN4O2. The first-order chi connectivity index (χ1) is 10.7. The van der Waals surface area contributed by atoms with Gasteiger partial charge in [-0.15, -0.1) is 5.10 Å². The van der Waals surface area contributed by atoms with Crippen LogP contribution >= 0.6 is 0 Å². The molecule has 0 bridgehead atoms. The summed E-state index contributed by atoms with van der Waals surface area (Å²) >= 11 is 0. The van der Waals surface area contributed by atoms with Crippen molar-refractivity contribution < 1.29 is 13.6 Å². The fourth-order valence-corrected chi connectivity index (χ4v) is 1.81. The average molecular weight is 298 g/mol. The van der Waals surface area contributed by atoms with Gasteiger partial charge >= 0.3 is 6.01 Å². The molecule has 0 saturated carbocycles. The van der Waals surface area contributed by atoms with Crippen LogP contribution in [0.1, 0.15) is 21.9 Å². The van der Waals surface area contributed by atoms with Crippen molar-refractivity contribution in [2.45, 2.75) is 6.42 Å². The molecule has 7 heteroatoms. The molecule has 0 saturated heterocycles. The molecule has 0 fully saturated rings. The second-order valence-electron chi connectivity index (χ2n) is 4.47. The summed E-state index contributed by atoms with van der Waals surface area (Å²) in [5.74, 6) is -0.418. The average Bonchev–Trinajstić information content (AvgIpc) is 2.97. The van der Waals surface area contributed by atoms with Crippen LogP contribution in [0.5, 0.6) is 0 Å². The molecule has 3 aromatic rings. The lowest BCUT2D eigenvalue weighted by atomic mass is 10.1. The maximum Gasteiger partial charge on any atom is 0.322 e. The van der Waals surface area contributed by atoms with E-state index in [-0.39, 0.29) is 17.5 Å². The highest BCUT2D eigenvalue weighted by Crippen LogP contribution is 2.12. The Labute approximate surface area is 125 Å². The smallest absolute Gasteiger partial charge is 0.322 e.